The highest BCUT2D eigenvalue weighted by Crippen LogP contribution is 2.24. The zero-order valence-electron chi connectivity index (χ0n) is 12.2. The number of hydrogen-bond donors (Lipinski definition) is 1. The smallest absolute Gasteiger partial charge is 0.172 e. The Morgan fingerprint density at radius 2 is 1.86 bits per heavy atom. The molecule has 21 heavy (non-hydrogen) atoms. The summed E-state index contributed by atoms with van der Waals surface area (Å²) in [5.41, 5.74) is 7.79. The molecule has 2 heterocycles. The van der Waals surface area contributed by atoms with Gasteiger partial charge in [0, 0.05) is 24.4 Å². The molecular weight excluding hydrogens is 280 g/mol. The van der Waals surface area contributed by atoms with E-state index < -0.39 is 0 Å². The molecule has 2 aromatic heterocycles. The highest BCUT2D eigenvalue weighted by molar-refractivity contribution is 7.09. The van der Waals surface area contributed by atoms with Gasteiger partial charge in [0.05, 0.1) is 11.0 Å². The second-order valence-corrected chi connectivity index (χ2v) is 6.20. The lowest BCUT2D eigenvalue weighted by Gasteiger charge is -2.26. The van der Waals surface area contributed by atoms with Crippen LogP contribution < -0.4 is 10.6 Å². The van der Waals surface area contributed by atoms with E-state index in [-0.39, 0.29) is 0 Å². The Bertz CT molecular complexity index is 739. The van der Waals surface area contributed by atoms with E-state index in [1.807, 2.05) is 31.3 Å². The summed E-state index contributed by atoms with van der Waals surface area (Å²) in [6.07, 6.45) is 0.974. The largest absolute Gasteiger partial charge is 0.381 e. The normalized spacial score (nSPS) is 12.5. The minimum absolute atomic E-state index is 0.307. The number of hydrogen-bond acceptors (Lipinski definition) is 5. The van der Waals surface area contributed by atoms with Gasteiger partial charge >= 0.3 is 0 Å². The molecule has 4 nitrogen and oxygen atoms in total. The molecule has 1 atom stereocenters. The van der Waals surface area contributed by atoms with Crippen LogP contribution >= 0.6 is 11.3 Å². The van der Waals surface area contributed by atoms with E-state index in [1.54, 1.807) is 11.3 Å². The molecule has 0 saturated heterocycles. The van der Waals surface area contributed by atoms with Crippen molar-refractivity contribution in [3.05, 3.63) is 46.7 Å². The first-order valence-corrected chi connectivity index (χ1v) is 7.80. The summed E-state index contributed by atoms with van der Waals surface area (Å²) >= 11 is 1.78. The van der Waals surface area contributed by atoms with Crippen molar-refractivity contribution >= 4 is 34.0 Å². The van der Waals surface area contributed by atoms with Gasteiger partial charge in [-0.2, -0.15) is 0 Å². The van der Waals surface area contributed by atoms with Crippen LogP contribution in [0.1, 0.15) is 11.8 Å². The third kappa shape index (κ3) is 2.83. The van der Waals surface area contributed by atoms with E-state index in [4.69, 9.17) is 5.73 Å². The minimum Gasteiger partial charge on any atom is -0.381 e. The van der Waals surface area contributed by atoms with E-state index in [2.05, 4.69) is 39.3 Å². The molecule has 0 aliphatic heterocycles. The van der Waals surface area contributed by atoms with E-state index in [9.17, 15) is 0 Å². The number of benzene rings is 1. The lowest BCUT2D eigenvalue weighted by molar-refractivity contribution is 0.681. The summed E-state index contributed by atoms with van der Waals surface area (Å²) in [4.78, 5) is 12.6. The number of fused-ring (bicyclic) bond motifs is 1. The zero-order valence-corrected chi connectivity index (χ0v) is 13.0. The molecular formula is C16H18N4S. The first kappa shape index (κ1) is 13.8. The van der Waals surface area contributed by atoms with Crippen molar-refractivity contribution in [1.29, 1.82) is 0 Å². The Morgan fingerprint density at radius 3 is 2.52 bits per heavy atom. The van der Waals surface area contributed by atoms with E-state index in [0.717, 1.165) is 23.3 Å². The Hall–Kier alpha value is -2.14. The Morgan fingerprint density at radius 1 is 1.14 bits per heavy atom. The molecule has 0 aliphatic rings. The number of likely N-dealkylation sites (N-methyl/N-ethyl adjacent to an activating group) is 1. The quantitative estimate of drug-likeness (QED) is 0.802. The van der Waals surface area contributed by atoms with Gasteiger partial charge in [0.25, 0.3) is 0 Å². The number of anilines is 2. The van der Waals surface area contributed by atoms with Crippen molar-refractivity contribution in [2.24, 2.45) is 0 Å². The number of rotatable bonds is 4. The summed E-state index contributed by atoms with van der Waals surface area (Å²) in [7, 11) is 2.02. The Labute approximate surface area is 128 Å². The highest BCUT2D eigenvalue weighted by Gasteiger charge is 2.16. The van der Waals surface area contributed by atoms with Crippen LogP contribution in [-0.4, -0.2) is 23.1 Å². The molecule has 0 bridgehead atoms. The summed E-state index contributed by atoms with van der Waals surface area (Å²) in [6.45, 7) is 2.18. The van der Waals surface area contributed by atoms with Gasteiger partial charge in [-0.15, -0.1) is 11.3 Å². The molecule has 0 radical (unpaired) electrons. The Balaban J connectivity index is 1.89. The standard InChI is InChI=1S/C16H18N4S/c1-11(10-12-6-5-9-21-12)20(2)16-15(17)18-13-7-3-4-8-14(13)19-16/h3-9,11H,10H2,1-2H3,(H2,17,18). The van der Waals surface area contributed by atoms with Gasteiger partial charge in [0.1, 0.15) is 0 Å². The average Bonchev–Trinajstić information content (AvgIpc) is 2.98. The summed E-state index contributed by atoms with van der Waals surface area (Å²) in [6, 6.07) is 12.3. The fourth-order valence-corrected chi connectivity index (χ4v) is 3.16. The van der Waals surface area contributed by atoms with Crippen LogP contribution in [0.25, 0.3) is 11.0 Å². The predicted octanol–water partition coefficient (Wildman–Crippen LogP) is 3.34. The van der Waals surface area contributed by atoms with Crippen molar-refractivity contribution in [3.8, 4) is 0 Å². The predicted molar refractivity (Wildman–Crippen MR) is 89.8 cm³/mol. The first-order valence-electron chi connectivity index (χ1n) is 6.92. The first-order chi connectivity index (χ1) is 10.1. The van der Waals surface area contributed by atoms with Gasteiger partial charge in [0.15, 0.2) is 11.6 Å². The number of para-hydroxylation sites is 2. The molecule has 0 amide bonds. The van der Waals surface area contributed by atoms with Crippen molar-refractivity contribution in [3.63, 3.8) is 0 Å². The molecule has 0 aliphatic carbocycles. The lowest BCUT2D eigenvalue weighted by atomic mass is 10.2. The van der Waals surface area contributed by atoms with E-state index >= 15 is 0 Å². The summed E-state index contributed by atoms with van der Waals surface area (Å²) in [5.74, 6) is 1.23. The van der Waals surface area contributed by atoms with Crippen LogP contribution in [0.15, 0.2) is 41.8 Å². The molecule has 108 valence electrons. The third-order valence-corrected chi connectivity index (χ3v) is 4.55. The number of nitrogens with zero attached hydrogens (tertiary/aromatic N) is 3. The maximum absolute atomic E-state index is 6.09. The van der Waals surface area contributed by atoms with Crippen molar-refractivity contribution in [2.75, 3.05) is 17.7 Å². The molecule has 3 rings (SSSR count). The molecule has 0 spiro atoms. The van der Waals surface area contributed by atoms with Crippen LogP contribution in [-0.2, 0) is 6.42 Å². The van der Waals surface area contributed by atoms with Gasteiger partial charge in [-0.3, -0.25) is 0 Å². The topological polar surface area (TPSA) is 55.0 Å². The highest BCUT2D eigenvalue weighted by atomic mass is 32.1. The molecule has 0 saturated carbocycles. The van der Waals surface area contributed by atoms with Gasteiger partial charge in [-0.05, 0) is 30.5 Å². The maximum atomic E-state index is 6.09. The van der Waals surface area contributed by atoms with Gasteiger partial charge in [-0.25, -0.2) is 9.97 Å². The molecule has 0 fully saturated rings. The van der Waals surface area contributed by atoms with E-state index in [0.29, 0.717) is 11.9 Å². The van der Waals surface area contributed by atoms with Crippen LogP contribution in [0.5, 0.6) is 0 Å². The SMILES string of the molecule is CC(Cc1cccs1)N(C)c1nc2ccccc2nc1N. The van der Waals surface area contributed by atoms with Crippen LogP contribution in [0.2, 0.25) is 0 Å². The van der Waals surface area contributed by atoms with Crippen LogP contribution in [0.4, 0.5) is 11.6 Å². The molecule has 3 aromatic rings. The van der Waals surface area contributed by atoms with Crippen LogP contribution in [0, 0.1) is 0 Å². The Kier molecular flexibility index (Phi) is 3.75. The maximum Gasteiger partial charge on any atom is 0.172 e. The second kappa shape index (κ2) is 5.69. The lowest BCUT2D eigenvalue weighted by Crippen LogP contribution is -2.32. The van der Waals surface area contributed by atoms with Crippen molar-refractivity contribution < 1.29 is 0 Å². The second-order valence-electron chi connectivity index (χ2n) is 5.16. The van der Waals surface area contributed by atoms with Gasteiger partial charge in [-0.1, -0.05) is 18.2 Å². The third-order valence-electron chi connectivity index (χ3n) is 3.65. The zero-order chi connectivity index (χ0) is 14.8. The molecule has 5 heteroatoms. The number of aromatic nitrogens is 2. The van der Waals surface area contributed by atoms with Gasteiger partial charge < -0.3 is 10.6 Å². The molecule has 1 unspecified atom stereocenters. The summed E-state index contributed by atoms with van der Waals surface area (Å²) < 4.78 is 0. The minimum atomic E-state index is 0.307. The average molecular weight is 298 g/mol. The molecule has 2 N–H and O–H groups in total. The fourth-order valence-electron chi connectivity index (χ4n) is 2.33. The van der Waals surface area contributed by atoms with Gasteiger partial charge in [0.2, 0.25) is 0 Å². The van der Waals surface area contributed by atoms with Crippen molar-refractivity contribution in [1.82, 2.24) is 9.97 Å². The number of thiophene rings is 1. The summed E-state index contributed by atoms with van der Waals surface area (Å²) in [5, 5.41) is 2.10. The monoisotopic (exact) mass is 298 g/mol. The fraction of sp³-hybridized carbons (Fsp3) is 0.250. The van der Waals surface area contributed by atoms with Crippen LogP contribution in [0.3, 0.4) is 0 Å². The molecule has 1 aromatic carbocycles. The van der Waals surface area contributed by atoms with E-state index in [1.165, 1.54) is 4.88 Å². The van der Waals surface area contributed by atoms with Crippen molar-refractivity contribution in [2.45, 2.75) is 19.4 Å². The number of nitrogens with two attached hydrogens (primary N) is 1. The number of nitrogen functional groups attached to an aromatic ring is 1.